The van der Waals surface area contributed by atoms with Crippen LogP contribution in [0.3, 0.4) is 0 Å². The van der Waals surface area contributed by atoms with Crippen LogP contribution in [0.15, 0.2) is 47.8 Å². The van der Waals surface area contributed by atoms with Crippen LogP contribution in [-0.4, -0.2) is 48.7 Å². The second-order valence-electron chi connectivity index (χ2n) is 6.89. The van der Waals surface area contributed by atoms with Crippen LogP contribution in [0.25, 0.3) is 11.0 Å². The first kappa shape index (κ1) is 20.6. The number of carbonyl (C=O) groups is 1. The smallest absolute Gasteiger partial charge is 0.264 e. The highest BCUT2D eigenvalue weighted by atomic mass is 35.5. The fourth-order valence-electron chi connectivity index (χ4n) is 3.25. The standard InChI is InChI=1S/C20H20ClN7O3/c1-26-11-16(19(25-26)31-2)18(29)22-6-7-28-17-15(9-24-28)20(30)27(12-23-17)10-13-4-3-5-14(21)8-13/h3-5,8-9,11-12H,6-7,10H2,1-2H3,(H,22,29). The number of benzene rings is 1. The third-order valence-corrected chi connectivity index (χ3v) is 4.94. The van der Waals surface area contributed by atoms with E-state index in [0.29, 0.717) is 41.3 Å². The van der Waals surface area contributed by atoms with Crippen molar-refractivity contribution in [3.05, 3.63) is 69.5 Å². The summed E-state index contributed by atoms with van der Waals surface area (Å²) in [6.45, 7) is 1.00. The van der Waals surface area contributed by atoms with Gasteiger partial charge in [-0.05, 0) is 17.7 Å². The van der Waals surface area contributed by atoms with Gasteiger partial charge in [-0.2, -0.15) is 5.10 Å². The van der Waals surface area contributed by atoms with Crippen molar-refractivity contribution in [3.63, 3.8) is 0 Å². The van der Waals surface area contributed by atoms with E-state index >= 15 is 0 Å². The van der Waals surface area contributed by atoms with Gasteiger partial charge in [-0.3, -0.25) is 18.8 Å². The number of hydrogen-bond acceptors (Lipinski definition) is 6. The number of fused-ring (bicyclic) bond motifs is 1. The molecule has 1 amide bonds. The molecule has 3 aromatic heterocycles. The highest BCUT2D eigenvalue weighted by molar-refractivity contribution is 6.30. The monoisotopic (exact) mass is 441 g/mol. The molecule has 0 aliphatic carbocycles. The van der Waals surface area contributed by atoms with Crippen LogP contribution in [0, 0.1) is 0 Å². The van der Waals surface area contributed by atoms with Gasteiger partial charge in [0.05, 0.1) is 26.4 Å². The largest absolute Gasteiger partial charge is 0.479 e. The van der Waals surface area contributed by atoms with Gasteiger partial charge < -0.3 is 10.1 Å². The predicted octanol–water partition coefficient (Wildman–Crippen LogP) is 1.47. The summed E-state index contributed by atoms with van der Waals surface area (Å²) in [5.41, 5.74) is 1.51. The number of carbonyl (C=O) groups excluding carboxylic acids is 1. The molecule has 1 N–H and O–H groups in total. The lowest BCUT2D eigenvalue weighted by atomic mass is 10.2. The summed E-state index contributed by atoms with van der Waals surface area (Å²) in [6, 6.07) is 7.32. The maximum Gasteiger partial charge on any atom is 0.264 e. The Morgan fingerprint density at radius 2 is 2.16 bits per heavy atom. The van der Waals surface area contributed by atoms with Crippen molar-refractivity contribution in [1.29, 1.82) is 0 Å². The van der Waals surface area contributed by atoms with Crippen molar-refractivity contribution in [2.75, 3.05) is 13.7 Å². The first-order valence-corrected chi connectivity index (χ1v) is 9.85. The van der Waals surface area contributed by atoms with Gasteiger partial charge in [-0.25, -0.2) is 9.67 Å². The normalized spacial score (nSPS) is 11.1. The highest BCUT2D eigenvalue weighted by Crippen LogP contribution is 2.14. The summed E-state index contributed by atoms with van der Waals surface area (Å²) < 4.78 is 9.71. The third kappa shape index (κ3) is 4.29. The zero-order valence-electron chi connectivity index (χ0n) is 16.9. The van der Waals surface area contributed by atoms with Gasteiger partial charge in [0.2, 0.25) is 5.88 Å². The van der Waals surface area contributed by atoms with E-state index in [4.69, 9.17) is 16.3 Å². The average Bonchev–Trinajstić information content (AvgIpc) is 3.34. The zero-order chi connectivity index (χ0) is 22.0. The second-order valence-corrected chi connectivity index (χ2v) is 7.33. The van der Waals surface area contributed by atoms with Crippen LogP contribution >= 0.6 is 11.6 Å². The number of hydrogen-bond donors (Lipinski definition) is 1. The molecular formula is C20H20ClN7O3. The van der Waals surface area contributed by atoms with E-state index in [1.165, 1.54) is 28.9 Å². The van der Waals surface area contributed by atoms with Crippen LogP contribution in [0.5, 0.6) is 5.88 Å². The van der Waals surface area contributed by atoms with Gasteiger partial charge >= 0.3 is 0 Å². The minimum atomic E-state index is -0.307. The lowest BCUT2D eigenvalue weighted by Gasteiger charge is -2.08. The molecule has 0 aliphatic heterocycles. The van der Waals surface area contributed by atoms with Crippen LogP contribution in [0.4, 0.5) is 0 Å². The summed E-state index contributed by atoms with van der Waals surface area (Å²) >= 11 is 6.02. The van der Waals surface area contributed by atoms with Crippen LogP contribution in [0.1, 0.15) is 15.9 Å². The highest BCUT2D eigenvalue weighted by Gasteiger charge is 2.16. The van der Waals surface area contributed by atoms with Crippen molar-refractivity contribution in [2.45, 2.75) is 13.1 Å². The minimum Gasteiger partial charge on any atom is -0.479 e. The maximum atomic E-state index is 12.8. The molecule has 0 aliphatic rings. The summed E-state index contributed by atoms with van der Waals surface area (Å²) in [6.07, 6.45) is 4.56. The Balaban J connectivity index is 1.46. The molecule has 0 saturated heterocycles. The van der Waals surface area contributed by atoms with E-state index in [-0.39, 0.29) is 17.3 Å². The van der Waals surface area contributed by atoms with E-state index < -0.39 is 0 Å². The van der Waals surface area contributed by atoms with E-state index in [2.05, 4.69) is 20.5 Å². The molecule has 0 saturated carbocycles. The Kier molecular flexibility index (Phi) is 5.72. The third-order valence-electron chi connectivity index (χ3n) is 4.71. The molecule has 0 radical (unpaired) electrons. The van der Waals surface area contributed by atoms with Gasteiger partial charge in [0.15, 0.2) is 5.65 Å². The van der Waals surface area contributed by atoms with Crippen molar-refractivity contribution in [2.24, 2.45) is 7.05 Å². The summed E-state index contributed by atoms with van der Waals surface area (Å²) in [5.74, 6) is -0.0512. The second kappa shape index (κ2) is 8.60. The van der Waals surface area contributed by atoms with Crippen LogP contribution in [-0.2, 0) is 20.1 Å². The van der Waals surface area contributed by atoms with Gasteiger partial charge in [-0.1, -0.05) is 23.7 Å². The number of rotatable bonds is 7. The van der Waals surface area contributed by atoms with Gasteiger partial charge in [-0.15, -0.1) is 5.10 Å². The molecule has 0 unspecified atom stereocenters. The lowest BCUT2D eigenvalue weighted by Crippen LogP contribution is -2.28. The van der Waals surface area contributed by atoms with Crippen LogP contribution in [0.2, 0.25) is 5.02 Å². The Morgan fingerprint density at radius 3 is 2.94 bits per heavy atom. The minimum absolute atomic E-state index is 0.194. The maximum absolute atomic E-state index is 12.8. The number of halogens is 1. The van der Waals surface area contributed by atoms with Gasteiger partial charge in [0.25, 0.3) is 11.5 Å². The number of amides is 1. The molecule has 1 aromatic carbocycles. The van der Waals surface area contributed by atoms with Crippen molar-refractivity contribution in [1.82, 2.24) is 34.4 Å². The Morgan fingerprint density at radius 1 is 1.32 bits per heavy atom. The molecule has 3 heterocycles. The number of aromatic nitrogens is 6. The molecule has 0 atom stereocenters. The molecule has 11 heteroatoms. The average molecular weight is 442 g/mol. The summed E-state index contributed by atoms with van der Waals surface area (Å²) in [5, 5.41) is 12.1. The number of aryl methyl sites for hydroxylation is 1. The molecule has 4 aromatic rings. The van der Waals surface area contributed by atoms with E-state index in [9.17, 15) is 9.59 Å². The van der Waals surface area contributed by atoms with Crippen molar-refractivity contribution >= 4 is 28.5 Å². The number of nitrogens with one attached hydrogen (secondary N) is 1. The molecule has 0 fully saturated rings. The fourth-order valence-corrected chi connectivity index (χ4v) is 3.46. The number of ether oxygens (including phenoxy) is 1. The fraction of sp³-hybridized carbons (Fsp3) is 0.250. The molecule has 31 heavy (non-hydrogen) atoms. The van der Waals surface area contributed by atoms with Gasteiger partial charge in [0.1, 0.15) is 17.3 Å². The topological polar surface area (TPSA) is 109 Å². The lowest BCUT2D eigenvalue weighted by molar-refractivity contribution is 0.0949. The summed E-state index contributed by atoms with van der Waals surface area (Å²) in [7, 11) is 3.17. The van der Waals surface area contributed by atoms with Gasteiger partial charge in [0, 0.05) is 24.8 Å². The first-order chi connectivity index (χ1) is 15.0. The Labute approximate surface area is 182 Å². The van der Waals surface area contributed by atoms with E-state index in [1.54, 1.807) is 24.0 Å². The van der Waals surface area contributed by atoms with E-state index in [0.717, 1.165) is 5.56 Å². The van der Waals surface area contributed by atoms with Crippen molar-refractivity contribution in [3.8, 4) is 5.88 Å². The van der Waals surface area contributed by atoms with E-state index in [1.807, 2.05) is 18.2 Å². The number of methoxy groups -OCH3 is 1. The zero-order valence-corrected chi connectivity index (χ0v) is 17.7. The van der Waals surface area contributed by atoms with Crippen LogP contribution < -0.4 is 15.6 Å². The summed E-state index contributed by atoms with van der Waals surface area (Å²) in [4.78, 5) is 29.6. The Bertz CT molecular complexity index is 1310. The predicted molar refractivity (Wildman–Crippen MR) is 114 cm³/mol. The molecule has 10 nitrogen and oxygen atoms in total. The molecular weight excluding hydrogens is 422 g/mol. The quantitative estimate of drug-likeness (QED) is 0.465. The van der Waals surface area contributed by atoms with Crippen molar-refractivity contribution < 1.29 is 9.53 Å². The number of nitrogens with zero attached hydrogens (tertiary/aromatic N) is 6. The first-order valence-electron chi connectivity index (χ1n) is 9.47. The molecule has 0 bridgehead atoms. The Hall–Kier alpha value is -3.66. The molecule has 0 spiro atoms. The molecule has 4 rings (SSSR count). The molecule has 160 valence electrons. The SMILES string of the molecule is COc1nn(C)cc1C(=O)NCCn1ncc2c(=O)n(Cc3cccc(Cl)c3)cnc21.